The van der Waals surface area contributed by atoms with Gasteiger partial charge < -0.3 is 5.32 Å². The summed E-state index contributed by atoms with van der Waals surface area (Å²) in [6.45, 7) is 1.92. The Morgan fingerprint density at radius 1 is 1.29 bits per heavy atom. The van der Waals surface area contributed by atoms with E-state index < -0.39 is 0 Å². The van der Waals surface area contributed by atoms with Gasteiger partial charge in [0.1, 0.15) is 0 Å². The van der Waals surface area contributed by atoms with E-state index in [1.54, 1.807) is 4.68 Å². The van der Waals surface area contributed by atoms with Crippen molar-refractivity contribution in [2.45, 2.75) is 51.5 Å². The maximum absolute atomic E-state index is 12.3. The van der Waals surface area contributed by atoms with E-state index in [0.29, 0.717) is 18.2 Å². The minimum absolute atomic E-state index is 0.0831. The second kappa shape index (κ2) is 7.88. The zero-order valence-electron chi connectivity index (χ0n) is 13.8. The third kappa shape index (κ3) is 4.20. The first-order valence-corrected chi connectivity index (χ1v) is 9.26. The lowest BCUT2D eigenvalue weighted by atomic mass is 9.87. The molecular formula is C17H22BrN5O. The van der Waals surface area contributed by atoms with Crippen molar-refractivity contribution >= 4 is 21.8 Å². The first-order valence-electron chi connectivity index (χ1n) is 8.47. The largest absolute Gasteiger partial charge is 0.346 e. The number of amides is 1. The van der Waals surface area contributed by atoms with Crippen LogP contribution in [0.3, 0.4) is 0 Å². The second-order valence-electron chi connectivity index (χ2n) is 6.42. The van der Waals surface area contributed by atoms with E-state index in [9.17, 15) is 4.79 Å². The first kappa shape index (κ1) is 17.1. The zero-order valence-corrected chi connectivity index (χ0v) is 15.4. The predicted octanol–water partition coefficient (Wildman–Crippen LogP) is 3.57. The number of hydrogen-bond acceptors (Lipinski definition) is 4. The van der Waals surface area contributed by atoms with E-state index in [1.165, 1.54) is 32.1 Å². The molecule has 0 radical (unpaired) electrons. The lowest BCUT2D eigenvalue weighted by molar-refractivity contribution is -0.122. The SMILES string of the molecule is CC(NC(=O)CC1CCCCC1)c1nnnn1-c1ccc(Br)cc1. The number of carbonyl (C=O) groups excluding carboxylic acids is 1. The fourth-order valence-electron chi connectivity index (χ4n) is 3.25. The highest BCUT2D eigenvalue weighted by atomic mass is 79.9. The summed E-state index contributed by atoms with van der Waals surface area (Å²) in [5, 5.41) is 14.9. The molecule has 0 bridgehead atoms. The summed E-state index contributed by atoms with van der Waals surface area (Å²) < 4.78 is 2.66. The van der Waals surface area contributed by atoms with Crippen molar-refractivity contribution < 1.29 is 4.79 Å². The average Bonchev–Trinajstić information content (AvgIpc) is 3.06. The van der Waals surface area contributed by atoms with Crippen LogP contribution in [-0.2, 0) is 4.79 Å². The molecule has 1 saturated carbocycles. The number of carbonyl (C=O) groups is 1. The molecule has 0 aliphatic heterocycles. The summed E-state index contributed by atoms with van der Waals surface area (Å²) in [4.78, 5) is 12.3. The maximum atomic E-state index is 12.3. The van der Waals surface area contributed by atoms with E-state index in [2.05, 4.69) is 36.8 Å². The summed E-state index contributed by atoms with van der Waals surface area (Å²) in [7, 11) is 0. The van der Waals surface area contributed by atoms with Gasteiger partial charge in [-0.3, -0.25) is 4.79 Å². The Labute approximate surface area is 150 Å². The molecule has 1 N–H and O–H groups in total. The Kier molecular flexibility index (Phi) is 5.60. The minimum Gasteiger partial charge on any atom is -0.346 e. The van der Waals surface area contributed by atoms with E-state index >= 15 is 0 Å². The molecule has 1 atom stereocenters. The quantitative estimate of drug-likeness (QED) is 0.845. The monoisotopic (exact) mass is 391 g/mol. The molecule has 1 aromatic carbocycles. The smallest absolute Gasteiger partial charge is 0.220 e. The fourth-order valence-corrected chi connectivity index (χ4v) is 3.51. The standard InChI is InChI=1S/C17H22BrN5O/c1-12(19-16(24)11-13-5-3-2-4-6-13)17-20-21-22-23(17)15-9-7-14(18)8-10-15/h7-10,12-13H,2-6,11H2,1H3,(H,19,24). The highest BCUT2D eigenvalue weighted by Crippen LogP contribution is 2.26. The van der Waals surface area contributed by atoms with Crippen LogP contribution in [0.5, 0.6) is 0 Å². The number of halogens is 1. The Morgan fingerprint density at radius 2 is 2.00 bits per heavy atom. The predicted molar refractivity (Wildman–Crippen MR) is 94.6 cm³/mol. The van der Waals surface area contributed by atoms with Gasteiger partial charge in [0.05, 0.1) is 11.7 Å². The highest BCUT2D eigenvalue weighted by Gasteiger charge is 2.21. The van der Waals surface area contributed by atoms with Crippen LogP contribution in [-0.4, -0.2) is 26.1 Å². The van der Waals surface area contributed by atoms with Crippen molar-refractivity contribution in [3.63, 3.8) is 0 Å². The second-order valence-corrected chi connectivity index (χ2v) is 7.34. The molecule has 1 fully saturated rings. The van der Waals surface area contributed by atoms with Crippen LogP contribution in [0.1, 0.15) is 57.3 Å². The Balaban J connectivity index is 1.65. The van der Waals surface area contributed by atoms with Gasteiger partial charge in [0.15, 0.2) is 5.82 Å². The van der Waals surface area contributed by atoms with E-state index in [0.717, 1.165) is 10.2 Å². The van der Waals surface area contributed by atoms with E-state index in [-0.39, 0.29) is 11.9 Å². The molecular weight excluding hydrogens is 370 g/mol. The van der Waals surface area contributed by atoms with Gasteiger partial charge in [0.25, 0.3) is 0 Å². The molecule has 128 valence electrons. The van der Waals surface area contributed by atoms with Gasteiger partial charge in [-0.15, -0.1) is 5.10 Å². The number of benzene rings is 1. The van der Waals surface area contributed by atoms with Gasteiger partial charge in [-0.2, -0.15) is 4.68 Å². The van der Waals surface area contributed by atoms with Gasteiger partial charge in [-0.25, -0.2) is 0 Å². The van der Waals surface area contributed by atoms with E-state index in [4.69, 9.17) is 0 Å². The number of tetrazole rings is 1. The fraction of sp³-hybridized carbons (Fsp3) is 0.529. The molecule has 1 aliphatic rings. The molecule has 1 heterocycles. The van der Waals surface area contributed by atoms with Gasteiger partial charge in [-0.1, -0.05) is 35.2 Å². The molecule has 1 aromatic heterocycles. The summed E-state index contributed by atoms with van der Waals surface area (Å²) in [6.07, 6.45) is 6.72. The molecule has 6 nitrogen and oxygen atoms in total. The van der Waals surface area contributed by atoms with Crippen LogP contribution in [0.4, 0.5) is 0 Å². The summed E-state index contributed by atoms with van der Waals surface area (Å²) in [5.74, 6) is 1.24. The Bertz CT molecular complexity index is 679. The highest BCUT2D eigenvalue weighted by molar-refractivity contribution is 9.10. The van der Waals surface area contributed by atoms with Crippen molar-refractivity contribution in [3.8, 4) is 5.69 Å². The third-order valence-corrected chi connectivity index (χ3v) is 5.06. The third-order valence-electron chi connectivity index (χ3n) is 4.53. The van der Waals surface area contributed by atoms with Crippen LogP contribution < -0.4 is 5.32 Å². The summed E-state index contributed by atoms with van der Waals surface area (Å²) >= 11 is 3.42. The molecule has 1 aliphatic carbocycles. The zero-order chi connectivity index (χ0) is 16.9. The Hall–Kier alpha value is -1.76. The van der Waals surface area contributed by atoms with Crippen molar-refractivity contribution in [1.82, 2.24) is 25.5 Å². The maximum Gasteiger partial charge on any atom is 0.220 e. The molecule has 1 unspecified atom stereocenters. The molecule has 7 heteroatoms. The van der Waals surface area contributed by atoms with Crippen LogP contribution in [0.15, 0.2) is 28.7 Å². The summed E-state index contributed by atoms with van der Waals surface area (Å²) in [6, 6.07) is 7.50. The number of nitrogens with zero attached hydrogens (tertiary/aromatic N) is 4. The number of nitrogens with one attached hydrogen (secondary N) is 1. The van der Waals surface area contributed by atoms with Crippen LogP contribution in [0, 0.1) is 5.92 Å². The number of hydrogen-bond donors (Lipinski definition) is 1. The van der Waals surface area contributed by atoms with E-state index in [1.807, 2.05) is 31.2 Å². The van der Waals surface area contributed by atoms with Crippen LogP contribution in [0.25, 0.3) is 5.69 Å². The van der Waals surface area contributed by atoms with Crippen molar-refractivity contribution in [2.24, 2.45) is 5.92 Å². The lowest BCUT2D eigenvalue weighted by Crippen LogP contribution is -2.30. The topological polar surface area (TPSA) is 72.7 Å². The van der Waals surface area contributed by atoms with Gasteiger partial charge in [0.2, 0.25) is 5.91 Å². The number of aromatic nitrogens is 4. The molecule has 1 amide bonds. The minimum atomic E-state index is -0.236. The molecule has 24 heavy (non-hydrogen) atoms. The molecule has 3 rings (SSSR count). The first-order chi connectivity index (χ1) is 11.6. The van der Waals surface area contributed by atoms with Gasteiger partial charge in [-0.05, 0) is 60.4 Å². The van der Waals surface area contributed by atoms with Crippen molar-refractivity contribution in [2.75, 3.05) is 0 Å². The van der Waals surface area contributed by atoms with Crippen LogP contribution in [0.2, 0.25) is 0 Å². The molecule has 0 spiro atoms. The summed E-state index contributed by atoms with van der Waals surface area (Å²) in [5.41, 5.74) is 0.867. The van der Waals surface area contributed by atoms with Crippen molar-refractivity contribution in [1.29, 1.82) is 0 Å². The van der Waals surface area contributed by atoms with Gasteiger partial charge >= 0.3 is 0 Å². The van der Waals surface area contributed by atoms with Crippen LogP contribution >= 0.6 is 15.9 Å². The Morgan fingerprint density at radius 3 is 2.71 bits per heavy atom. The average molecular weight is 392 g/mol. The van der Waals surface area contributed by atoms with Gasteiger partial charge in [0, 0.05) is 10.9 Å². The lowest BCUT2D eigenvalue weighted by Gasteiger charge is -2.22. The molecule has 0 saturated heterocycles. The van der Waals surface area contributed by atoms with Crippen molar-refractivity contribution in [3.05, 3.63) is 34.6 Å². The number of rotatable bonds is 5. The molecule has 2 aromatic rings. The normalized spacial score (nSPS) is 16.8.